The van der Waals surface area contributed by atoms with Crippen molar-refractivity contribution in [3.63, 3.8) is 0 Å². The second kappa shape index (κ2) is 5.50. The fourth-order valence-corrected chi connectivity index (χ4v) is 1.35. The Kier molecular flexibility index (Phi) is 4.29. The van der Waals surface area contributed by atoms with Crippen LogP contribution in [0.3, 0.4) is 0 Å². The Morgan fingerprint density at radius 1 is 1.38 bits per heavy atom. The van der Waals surface area contributed by atoms with E-state index >= 15 is 0 Å². The molecule has 1 aromatic rings. The van der Waals surface area contributed by atoms with Crippen molar-refractivity contribution in [3.05, 3.63) is 47.5 Å². The lowest BCUT2D eigenvalue weighted by atomic mass is 10.1. The van der Waals surface area contributed by atoms with Crippen molar-refractivity contribution < 1.29 is 9.53 Å². The predicted molar refractivity (Wildman–Crippen MR) is 65.1 cm³/mol. The van der Waals surface area contributed by atoms with Gasteiger partial charge in [-0.1, -0.05) is 37.8 Å². The molecule has 0 saturated carbocycles. The van der Waals surface area contributed by atoms with Gasteiger partial charge < -0.3 is 4.74 Å². The van der Waals surface area contributed by atoms with Crippen LogP contribution in [0.2, 0.25) is 0 Å². The third-order valence-corrected chi connectivity index (χ3v) is 2.49. The van der Waals surface area contributed by atoms with Gasteiger partial charge in [-0.2, -0.15) is 0 Å². The topological polar surface area (TPSA) is 26.3 Å². The van der Waals surface area contributed by atoms with Crippen molar-refractivity contribution in [2.75, 3.05) is 0 Å². The standard InChI is InChI=1S/C14H18O2/c1-5-12-6-8-13(9-7-12)11(4)16-14(15)10(2)3/h6-9,11H,2,5H2,1,3-4H3. The Bertz CT molecular complexity index is 376. The van der Waals surface area contributed by atoms with E-state index in [0.29, 0.717) is 5.57 Å². The van der Waals surface area contributed by atoms with E-state index in [1.807, 2.05) is 19.1 Å². The van der Waals surface area contributed by atoms with E-state index in [-0.39, 0.29) is 12.1 Å². The number of carbonyl (C=O) groups excluding carboxylic acids is 1. The molecule has 0 heterocycles. The van der Waals surface area contributed by atoms with E-state index < -0.39 is 0 Å². The summed E-state index contributed by atoms with van der Waals surface area (Å²) in [6.45, 7) is 9.18. The maximum atomic E-state index is 11.3. The minimum atomic E-state index is -0.341. The molecule has 1 rings (SSSR count). The molecule has 1 unspecified atom stereocenters. The van der Waals surface area contributed by atoms with Crippen LogP contribution < -0.4 is 0 Å². The van der Waals surface area contributed by atoms with E-state index in [0.717, 1.165) is 12.0 Å². The Morgan fingerprint density at radius 3 is 2.38 bits per heavy atom. The van der Waals surface area contributed by atoms with Gasteiger partial charge in [0.1, 0.15) is 6.10 Å². The summed E-state index contributed by atoms with van der Waals surface area (Å²) in [6.07, 6.45) is 0.787. The maximum Gasteiger partial charge on any atom is 0.333 e. The van der Waals surface area contributed by atoms with Gasteiger partial charge in [0.25, 0.3) is 0 Å². The minimum absolute atomic E-state index is 0.227. The van der Waals surface area contributed by atoms with E-state index in [1.165, 1.54) is 5.56 Å². The number of esters is 1. The van der Waals surface area contributed by atoms with Gasteiger partial charge >= 0.3 is 5.97 Å². The zero-order valence-corrected chi connectivity index (χ0v) is 10.1. The van der Waals surface area contributed by atoms with Crippen molar-refractivity contribution in [1.29, 1.82) is 0 Å². The van der Waals surface area contributed by atoms with E-state index in [1.54, 1.807) is 6.92 Å². The van der Waals surface area contributed by atoms with Gasteiger partial charge in [0.05, 0.1) is 0 Å². The second-order valence-corrected chi connectivity index (χ2v) is 3.92. The van der Waals surface area contributed by atoms with Crippen molar-refractivity contribution in [3.8, 4) is 0 Å². The van der Waals surface area contributed by atoms with Crippen LogP contribution in [0.5, 0.6) is 0 Å². The summed E-state index contributed by atoms with van der Waals surface area (Å²) < 4.78 is 5.23. The molecule has 0 aliphatic carbocycles. The first-order valence-corrected chi connectivity index (χ1v) is 5.50. The van der Waals surface area contributed by atoms with Crippen molar-refractivity contribution in [2.45, 2.75) is 33.3 Å². The molecule has 2 nitrogen and oxygen atoms in total. The highest BCUT2D eigenvalue weighted by molar-refractivity contribution is 5.87. The number of rotatable bonds is 4. The van der Waals surface area contributed by atoms with Gasteiger partial charge in [0.15, 0.2) is 0 Å². The third-order valence-electron chi connectivity index (χ3n) is 2.49. The zero-order valence-electron chi connectivity index (χ0n) is 10.1. The molecule has 0 radical (unpaired) electrons. The van der Waals surface area contributed by atoms with E-state index in [9.17, 15) is 4.79 Å². The Hall–Kier alpha value is -1.57. The van der Waals surface area contributed by atoms with Crippen LogP contribution in [-0.2, 0) is 16.0 Å². The van der Waals surface area contributed by atoms with Gasteiger partial charge in [-0.25, -0.2) is 4.79 Å². The molecule has 0 aromatic heterocycles. The molecule has 1 atom stereocenters. The number of hydrogen-bond donors (Lipinski definition) is 0. The number of ether oxygens (including phenoxy) is 1. The SMILES string of the molecule is C=C(C)C(=O)OC(C)c1ccc(CC)cc1. The van der Waals surface area contributed by atoms with Crippen LogP contribution in [0.1, 0.15) is 38.0 Å². The van der Waals surface area contributed by atoms with E-state index in [2.05, 4.69) is 25.6 Å². The summed E-state index contributed by atoms with van der Waals surface area (Å²) in [5, 5.41) is 0. The summed E-state index contributed by atoms with van der Waals surface area (Å²) in [6, 6.07) is 8.10. The molecule has 0 saturated heterocycles. The average Bonchev–Trinajstić information content (AvgIpc) is 2.28. The van der Waals surface area contributed by atoms with E-state index in [4.69, 9.17) is 4.74 Å². The smallest absolute Gasteiger partial charge is 0.333 e. The molecule has 86 valence electrons. The molecule has 2 heteroatoms. The Labute approximate surface area is 96.9 Å². The molecular formula is C14H18O2. The molecule has 0 spiro atoms. The molecule has 0 aliphatic heterocycles. The molecule has 0 aliphatic rings. The normalized spacial score (nSPS) is 11.9. The number of benzene rings is 1. The zero-order chi connectivity index (χ0) is 12.1. The third kappa shape index (κ3) is 3.23. The fourth-order valence-electron chi connectivity index (χ4n) is 1.35. The molecule has 0 amide bonds. The highest BCUT2D eigenvalue weighted by Crippen LogP contribution is 2.18. The molecule has 0 fully saturated rings. The highest BCUT2D eigenvalue weighted by atomic mass is 16.5. The van der Waals surface area contributed by atoms with Crippen LogP contribution in [-0.4, -0.2) is 5.97 Å². The van der Waals surface area contributed by atoms with Crippen LogP contribution >= 0.6 is 0 Å². The summed E-state index contributed by atoms with van der Waals surface area (Å²) in [5.74, 6) is -0.341. The lowest BCUT2D eigenvalue weighted by Gasteiger charge is -2.13. The van der Waals surface area contributed by atoms with Crippen molar-refractivity contribution >= 4 is 5.97 Å². The number of aryl methyl sites for hydroxylation is 1. The minimum Gasteiger partial charge on any atom is -0.454 e. The first-order valence-electron chi connectivity index (χ1n) is 5.50. The van der Waals surface area contributed by atoms with Gasteiger partial charge in [-0.05, 0) is 31.4 Å². The molecule has 0 N–H and O–H groups in total. The first kappa shape index (κ1) is 12.5. The predicted octanol–water partition coefficient (Wildman–Crippen LogP) is 3.43. The average molecular weight is 218 g/mol. The fraction of sp³-hybridized carbons (Fsp3) is 0.357. The van der Waals surface area contributed by atoms with Crippen LogP contribution in [0.4, 0.5) is 0 Å². The summed E-state index contributed by atoms with van der Waals surface area (Å²) in [7, 11) is 0. The molecule has 16 heavy (non-hydrogen) atoms. The van der Waals surface area contributed by atoms with Crippen LogP contribution in [0, 0.1) is 0 Å². The monoisotopic (exact) mass is 218 g/mol. The first-order chi connectivity index (χ1) is 7.54. The van der Waals surface area contributed by atoms with Crippen molar-refractivity contribution in [1.82, 2.24) is 0 Å². The largest absolute Gasteiger partial charge is 0.454 e. The van der Waals surface area contributed by atoms with Gasteiger partial charge in [-0.15, -0.1) is 0 Å². The van der Waals surface area contributed by atoms with Gasteiger partial charge in [-0.3, -0.25) is 0 Å². The second-order valence-electron chi connectivity index (χ2n) is 3.92. The highest BCUT2D eigenvalue weighted by Gasteiger charge is 2.11. The lowest BCUT2D eigenvalue weighted by molar-refractivity contribution is -0.143. The van der Waals surface area contributed by atoms with Crippen LogP contribution in [0.25, 0.3) is 0 Å². The van der Waals surface area contributed by atoms with Gasteiger partial charge in [0.2, 0.25) is 0 Å². The number of hydrogen-bond acceptors (Lipinski definition) is 2. The van der Waals surface area contributed by atoms with Crippen LogP contribution in [0.15, 0.2) is 36.4 Å². The summed E-state index contributed by atoms with van der Waals surface area (Å²) in [5.41, 5.74) is 2.71. The number of carbonyl (C=O) groups is 1. The Morgan fingerprint density at radius 2 is 1.94 bits per heavy atom. The van der Waals surface area contributed by atoms with Gasteiger partial charge in [0, 0.05) is 5.57 Å². The summed E-state index contributed by atoms with van der Waals surface area (Å²) in [4.78, 5) is 11.3. The quantitative estimate of drug-likeness (QED) is 0.571. The summed E-state index contributed by atoms with van der Waals surface area (Å²) >= 11 is 0. The Balaban J connectivity index is 2.69. The molecular weight excluding hydrogens is 200 g/mol. The lowest BCUT2D eigenvalue weighted by Crippen LogP contribution is -2.09. The van der Waals surface area contributed by atoms with Crippen molar-refractivity contribution in [2.24, 2.45) is 0 Å². The molecule has 0 bridgehead atoms. The molecule has 1 aromatic carbocycles. The maximum absolute atomic E-state index is 11.3.